The van der Waals surface area contributed by atoms with Gasteiger partial charge in [-0.25, -0.2) is 4.39 Å². The number of para-hydroxylation sites is 1. The Balaban J connectivity index is 0.00000157. The van der Waals surface area contributed by atoms with Crippen molar-refractivity contribution < 1.29 is 8.91 Å². The SMILES string of the molecule is Cl.F[C@H]1CNCC[C@H]1c1nc(-c2c3n(c4ccccc24)CCC3)no1. The lowest BCUT2D eigenvalue weighted by Gasteiger charge is -2.23. The van der Waals surface area contributed by atoms with Gasteiger partial charge in [0.2, 0.25) is 11.7 Å². The summed E-state index contributed by atoms with van der Waals surface area (Å²) in [5.74, 6) is 0.734. The molecule has 1 saturated heterocycles. The van der Waals surface area contributed by atoms with Gasteiger partial charge in [-0.15, -0.1) is 12.4 Å². The molecule has 5 nitrogen and oxygen atoms in total. The molecular formula is C18H20ClFN4O. The van der Waals surface area contributed by atoms with Crippen molar-refractivity contribution in [2.75, 3.05) is 13.1 Å². The second-order valence-corrected chi connectivity index (χ2v) is 6.67. The number of hydrogen-bond acceptors (Lipinski definition) is 4. The van der Waals surface area contributed by atoms with Gasteiger partial charge < -0.3 is 14.4 Å². The molecule has 2 aliphatic rings. The summed E-state index contributed by atoms with van der Waals surface area (Å²) < 4.78 is 22.0. The quantitative estimate of drug-likeness (QED) is 0.758. The molecule has 132 valence electrons. The van der Waals surface area contributed by atoms with Crippen LogP contribution in [0.3, 0.4) is 0 Å². The topological polar surface area (TPSA) is 55.9 Å². The molecule has 1 fully saturated rings. The molecule has 0 bridgehead atoms. The van der Waals surface area contributed by atoms with Crippen molar-refractivity contribution in [3.05, 3.63) is 35.9 Å². The number of nitrogens with one attached hydrogen (secondary N) is 1. The average molecular weight is 363 g/mol. The molecule has 0 radical (unpaired) electrons. The van der Waals surface area contributed by atoms with Crippen LogP contribution in [0, 0.1) is 0 Å². The van der Waals surface area contributed by atoms with E-state index in [1.54, 1.807) is 0 Å². The first-order valence-electron chi connectivity index (χ1n) is 8.62. The van der Waals surface area contributed by atoms with Crippen molar-refractivity contribution in [2.24, 2.45) is 0 Å². The summed E-state index contributed by atoms with van der Waals surface area (Å²) in [6.45, 7) is 2.17. The minimum Gasteiger partial charge on any atom is -0.344 e. The summed E-state index contributed by atoms with van der Waals surface area (Å²) in [6, 6.07) is 8.34. The number of fused-ring (bicyclic) bond motifs is 3. The minimum atomic E-state index is -0.969. The second-order valence-electron chi connectivity index (χ2n) is 6.67. The highest BCUT2D eigenvalue weighted by molar-refractivity contribution is 5.96. The molecule has 3 aromatic rings. The molecule has 2 aliphatic heterocycles. The Kier molecular flexibility index (Phi) is 4.25. The molecule has 4 heterocycles. The third-order valence-electron chi connectivity index (χ3n) is 5.26. The molecule has 7 heteroatoms. The zero-order valence-electron chi connectivity index (χ0n) is 13.7. The van der Waals surface area contributed by atoms with E-state index < -0.39 is 6.17 Å². The Morgan fingerprint density at radius 3 is 3.04 bits per heavy atom. The first-order valence-corrected chi connectivity index (χ1v) is 8.62. The lowest BCUT2D eigenvalue weighted by molar-refractivity contribution is 0.197. The average Bonchev–Trinajstić information content (AvgIpc) is 3.30. The minimum absolute atomic E-state index is 0. The van der Waals surface area contributed by atoms with Crippen molar-refractivity contribution in [3.63, 3.8) is 0 Å². The summed E-state index contributed by atoms with van der Waals surface area (Å²) in [7, 11) is 0. The number of nitrogens with zero attached hydrogens (tertiary/aromatic N) is 3. The van der Waals surface area contributed by atoms with Crippen LogP contribution in [0.25, 0.3) is 22.3 Å². The van der Waals surface area contributed by atoms with E-state index in [0.717, 1.165) is 36.9 Å². The molecule has 1 N–H and O–H groups in total. The second kappa shape index (κ2) is 6.42. The number of halogens is 2. The Bertz CT molecular complexity index is 906. The van der Waals surface area contributed by atoms with Gasteiger partial charge in [0.05, 0.1) is 11.5 Å². The van der Waals surface area contributed by atoms with E-state index in [1.807, 2.05) is 6.07 Å². The molecule has 0 unspecified atom stereocenters. The van der Waals surface area contributed by atoms with Gasteiger partial charge in [0.15, 0.2) is 0 Å². The first kappa shape index (κ1) is 16.5. The van der Waals surface area contributed by atoms with Crippen LogP contribution in [0.1, 0.15) is 30.3 Å². The summed E-state index contributed by atoms with van der Waals surface area (Å²) in [5.41, 5.74) is 3.55. The lowest BCUT2D eigenvalue weighted by Crippen LogP contribution is -2.36. The number of hydrogen-bond donors (Lipinski definition) is 1. The van der Waals surface area contributed by atoms with Crippen molar-refractivity contribution in [3.8, 4) is 11.4 Å². The third kappa shape index (κ3) is 2.55. The van der Waals surface area contributed by atoms with Crippen molar-refractivity contribution in [1.29, 1.82) is 0 Å². The van der Waals surface area contributed by atoms with Gasteiger partial charge >= 0.3 is 0 Å². The van der Waals surface area contributed by atoms with Crippen LogP contribution in [-0.4, -0.2) is 34.0 Å². The van der Waals surface area contributed by atoms with Crippen LogP contribution in [0.15, 0.2) is 28.8 Å². The summed E-state index contributed by atoms with van der Waals surface area (Å²) >= 11 is 0. The van der Waals surface area contributed by atoms with E-state index in [-0.39, 0.29) is 18.3 Å². The smallest absolute Gasteiger partial charge is 0.233 e. The molecule has 1 aromatic carbocycles. The van der Waals surface area contributed by atoms with E-state index in [2.05, 4.69) is 38.2 Å². The monoisotopic (exact) mass is 362 g/mol. The van der Waals surface area contributed by atoms with Crippen LogP contribution in [-0.2, 0) is 13.0 Å². The van der Waals surface area contributed by atoms with E-state index in [1.165, 1.54) is 11.2 Å². The maximum atomic E-state index is 14.2. The van der Waals surface area contributed by atoms with Gasteiger partial charge in [-0.1, -0.05) is 23.4 Å². The molecular weight excluding hydrogens is 343 g/mol. The maximum absolute atomic E-state index is 14.2. The zero-order valence-corrected chi connectivity index (χ0v) is 14.6. The molecule has 2 atom stereocenters. The predicted octanol–water partition coefficient (Wildman–Crippen LogP) is 3.47. The summed E-state index contributed by atoms with van der Waals surface area (Å²) in [4.78, 5) is 4.60. The largest absolute Gasteiger partial charge is 0.344 e. The van der Waals surface area contributed by atoms with Crippen LogP contribution in [0.2, 0.25) is 0 Å². The molecule has 0 saturated carbocycles. The standard InChI is InChI=1S/C18H19FN4O.ClH/c19-13-10-20-8-7-11(13)18-21-17(22-24-18)16-12-4-1-2-5-14(12)23-9-3-6-15(16)23;/h1-2,4-5,11,13,20H,3,6-10H2;1H/t11-,13+;/m1./s1. The lowest BCUT2D eigenvalue weighted by atomic mass is 9.96. The Hall–Kier alpha value is -1.92. The van der Waals surface area contributed by atoms with Gasteiger partial charge in [0.1, 0.15) is 6.17 Å². The van der Waals surface area contributed by atoms with E-state index in [0.29, 0.717) is 24.7 Å². The predicted molar refractivity (Wildman–Crippen MR) is 95.9 cm³/mol. The molecule has 2 aromatic heterocycles. The molecule has 5 rings (SSSR count). The van der Waals surface area contributed by atoms with Crippen molar-refractivity contribution in [2.45, 2.75) is 37.9 Å². The molecule has 0 spiro atoms. The van der Waals surface area contributed by atoms with Gasteiger partial charge in [-0.05, 0) is 31.9 Å². The first-order chi connectivity index (χ1) is 11.8. The summed E-state index contributed by atoms with van der Waals surface area (Å²) in [5, 5.41) is 8.42. The number of aryl methyl sites for hydroxylation is 1. The highest BCUT2D eigenvalue weighted by atomic mass is 35.5. The Labute approximate surface area is 151 Å². The van der Waals surface area contributed by atoms with Gasteiger partial charge in [-0.2, -0.15) is 4.98 Å². The molecule has 0 aliphatic carbocycles. The van der Waals surface area contributed by atoms with Crippen LogP contribution in [0.4, 0.5) is 4.39 Å². The number of alkyl halides is 1. The van der Waals surface area contributed by atoms with Crippen LogP contribution >= 0.6 is 12.4 Å². The highest BCUT2D eigenvalue weighted by Crippen LogP contribution is 2.38. The van der Waals surface area contributed by atoms with E-state index in [9.17, 15) is 4.39 Å². The van der Waals surface area contributed by atoms with Crippen molar-refractivity contribution >= 4 is 23.3 Å². The van der Waals surface area contributed by atoms with Crippen LogP contribution < -0.4 is 5.32 Å². The fraction of sp³-hybridized carbons (Fsp3) is 0.444. The van der Waals surface area contributed by atoms with Gasteiger partial charge in [-0.3, -0.25) is 0 Å². The number of aromatic nitrogens is 3. The van der Waals surface area contributed by atoms with Gasteiger partial charge in [0.25, 0.3) is 0 Å². The summed E-state index contributed by atoms with van der Waals surface area (Å²) in [6.07, 6.45) is 1.88. The van der Waals surface area contributed by atoms with E-state index >= 15 is 0 Å². The number of benzene rings is 1. The fourth-order valence-corrected chi connectivity index (χ4v) is 4.11. The highest BCUT2D eigenvalue weighted by Gasteiger charge is 2.32. The molecule has 25 heavy (non-hydrogen) atoms. The third-order valence-corrected chi connectivity index (χ3v) is 5.26. The molecule has 0 amide bonds. The van der Waals surface area contributed by atoms with Crippen molar-refractivity contribution in [1.82, 2.24) is 20.0 Å². The Morgan fingerprint density at radius 1 is 1.28 bits per heavy atom. The fourth-order valence-electron chi connectivity index (χ4n) is 4.11. The number of rotatable bonds is 2. The van der Waals surface area contributed by atoms with Crippen LogP contribution in [0.5, 0.6) is 0 Å². The number of piperidine rings is 1. The zero-order chi connectivity index (χ0) is 16.1. The maximum Gasteiger partial charge on any atom is 0.233 e. The van der Waals surface area contributed by atoms with E-state index in [4.69, 9.17) is 4.52 Å². The Morgan fingerprint density at radius 2 is 2.16 bits per heavy atom. The normalized spacial score (nSPS) is 22.8. The van der Waals surface area contributed by atoms with Gasteiger partial charge in [0, 0.05) is 29.7 Å².